The van der Waals surface area contributed by atoms with Crippen molar-refractivity contribution in [3.63, 3.8) is 0 Å². The van der Waals surface area contributed by atoms with E-state index in [-0.39, 0.29) is 5.92 Å². The van der Waals surface area contributed by atoms with Crippen LogP contribution in [-0.4, -0.2) is 31.7 Å². The van der Waals surface area contributed by atoms with Gasteiger partial charge in [-0.05, 0) is 11.1 Å². The van der Waals surface area contributed by atoms with E-state index in [0.29, 0.717) is 13.1 Å². The van der Waals surface area contributed by atoms with Crippen LogP contribution in [0.15, 0.2) is 60.7 Å². The molecule has 0 radical (unpaired) electrons. The molecule has 1 fully saturated rings. The summed E-state index contributed by atoms with van der Waals surface area (Å²) in [6.45, 7) is 1.93. The third-order valence-corrected chi connectivity index (χ3v) is 5.56. The fourth-order valence-corrected chi connectivity index (χ4v) is 4.30. The Morgan fingerprint density at radius 2 is 1.55 bits per heavy atom. The zero-order valence-electron chi connectivity index (χ0n) is 12.3. The Bertz CT molecular complexity index is 717. The number of nitrogens with two attached hydrogens (primary N) is 1. The quantitative estimate of drug-likeness (QED) is 0.937. The molecule has 0 amide bonds. The maximum absolute atomic E-state index is 12.0. The summed E-state index contributed by atoms with van der Waals surface area (Å²) in [5.74, 6) is -0.0695. The van der Waals surface area contributed by atoms with Gasteiger partial charge >= 0.3 is 0 Å². The van der Waals surface area contributed by atoms with E-state index in [0.717, 1.165) is 12.1 Å². The molecular weight excluding hydrogens is 296 g/mol. The summed E-state index contributed by atoms with van der Waals surface area (Å²) >= 11 is 0. The van der Waals surface area contributed by atoms with Crippen molar-refractivity contribution in [2.75, 3.05) is 13.1 Å². The van der Waals surface area contributed by atoms with Crippen molar-refractivity contribution >= 4 is 10.0 Å². The first-order chi connectivity index (χ1) is 10.5. The van der Waals surface area contributed by atoms with Gasteiger partial charge in [0.05, 0.1) is 5.25 Å². The Morgan fingerprint density at radius 1 is 0.955 bits per heavy atom. The van der Waals surface area contributed by atoms with Gasteiger partial charge in [-0.25, -0.2) is 13.6 Å². The summed E-state index contributed by atoms with van der Waals surface area (Å²) < 4.78 is 23.9. The van der Waals surface area contributed by atoms with Gasteiger partial charge < -0.3 is 0 Å². The van der Waals surface area contributed by atoms with Gasteiger partial charge in [-0.3, -0.25) is 4.90 Å². The first kappa shape index (κ1) is 15.2. The van der Waals surface area contributed by atoms with Crippen LogP contribution in [-0.2, 0) is 16.6 Å². The van der Waals surface area contributed by atoms with Gasteiger partial charge in [-0.2, -0.15) is 0 Å². The van der Waals surface area contributed by atoms with Gasteiger partial charge in [0.1, 0.15) is 0 Å². The van der Waals surface area contributed by atoms with E-state index in [4.69, 9.17) is 5.14 Å². The molecule has 116 valence electrons. The highest BCUT2D eigenvalue weighted by atomic mass is 32.2. The van der Waals surface area contributed by atoms with Crippen LogP contribution < -0.4 is 5.14 Å². The van der Waals surface area contributed by atoms with E-state index in [2.05, 4.69) is 17.0 Å². The van der Waals surface area contributed by atoms with E-state index in [1.165, 1.54) is 5.56 Å². The first-order valence-corrected chi connectivity index (χ1v) is 8.98. The van der Waals surface area contributed by atoms with Gasteiger partial charge in [0.25, 0.3) is 0 Å². The van der Waals surface area contributed by atoms with Crippen molar-refractivity contribution in [2.45, 2.75) is 17.7 Å². The second kappa shape index (κ2) is 6.20. The minimum absolute atomic E-state index is 0.0695. The maximum atomic E-state index is 12.0. The van der Waals surface area contributed by atoms with Gasteiger partial charge in [0, 0.05) is 25.6 Å². The lowest BCUT2D eigenvalue weighted by Crippen LogP contribution is -2.34. The Morgan fingerprint density at radius 3 is 2.14 bits per heavy atom. The van der Waals surface area contributed by atoms with Crippen LogP contribution in [0.1, 0.15) is 17.0 Å². The molecule has 0 spiro atoms. The highest BCUT2D eigenvalue weighted by Gasteiger charge is 2.40. The minimum atomic E-state index is -3.57. The molecule has 0 bridgehead atoms. The summed E-state index contributed by atoms with van der Waals surface area (Å²) in [6, 6.07) is 19.9. The zero-order chi connectivity index (χ0) is 15.6. The molecule has 0 aliphatic carbocycles. The number of hydrogen-bond donors (Lipinski definition) is 1. The lowest BCUT2D eigenvalue weighted by atomic mass is 9.98. The molecular formula is C17H20N2O2S. The molecule has 2 atom stereocenters. The molecule has 22 heavy (non-hydrogen) atoms. The molecule has 2 N–H and O–H groups in total. The lowest BCUT2D eigenvalue weighted by molar-refractivity contribution is 0.327. The number of sulfonamides is 1. The van der Waals surface area contributed by atoms with E-state index in [1.807, 2.05) is 48.5 Å². The van der Waals surface area contributed by atoms with Gasteiger partial charge in [0.2, 0.25) is 10.0 Å². The molecule has 2 aromatic rings. The Kier molecular flexibility index (Phi) is 4.29. The number of rotatable bonds is 4. The molecule has 2 aromatic carbocycles. The fraction of sp³-hybridized carbons (Fsp3) is 0.294. The molecule has 0 unspecified atom stereocenters. The largest absolute Gasteiger partial charge is 0.297 e. The Labute approximate surface area is 131 Å². The summed E-state index contributed by atoms with van der Waals surface area (Å²) in [5.41, 5.74) is 2.22. The lowest BCUT2D eigenvalue weighted by Gasteiger charge is -2.16. The Hall–Kier alpha value is -1.69. The van der Waals surface area contributed by atoms with Crippen LogP contribution in [0.5, 0.6) is 0 Å². The predicted molar refractivity (Wildman–Crippen MR) is 87.8 cm³/mol. The number of likely N-dealkylation sites (tertiary alicyclic amines) is 1. The average molecular weight is 316 g/mol. The molecule has 4 nitrogen and oxygen atoms in total. The summed E-state index contributed by atoms with van der Waals surface area (Å²) in [6.07, 6.45) is 0. The smallest absolute Gasteiger partial charge is 0.213 e. The second-order valence-electron chi connectivity index (χ2n) is 5.82. The van der Waals surface area contributed by atoms with Crippen LogP contribution >= 0.6 is 0 Å². The van der Waals surface area contributed by atoms with Crippen LogP contribution in [0.4, 0.5) is 0 Å². The minimum Gasteiger partial charge on any atom is -0.297 e. The monoisotopic (exact) mass is 316 g/mol. The van der Waals surface area contributed by atoms with Crippen molar-refractivity contribution in [2.24, 2.45) is 5.14 Å². The second-order valence-corrected chi connectivity index (χ2v) is 7.61. The highest BCUT2D eigenvalue weighted by Crippen LogP contribution is 2.32. The Balaban J connectivity index is 1.83. The molecule has 0 aromatic heterocycles. The van der Waals surface area contributed by atoms with Crippen LogP contribution in [0.2, 0.25) is 0 Å². The molecule has 0 saturated carbocycles. The van der Waals surface area contributed by atoms with E-state index < -0.39 is 15.3 Å². The third-order valence-electron chi connectivity index (χ3n) is 4.24. The SMILES string of the molecule is NS(=O)(=O)[C@@H]1CN(Cc2ccccc2)C[C@H]1c1ccccc1. The number of primary sulfonamides is 1. The normalized spacial score (nSPS) is 22.8. The topological polar surface area (TPSA) is 63.4 Å². The predicted octanol–water partition coefficient (Wildman–Crippen LogP) is 1.94. The summed E-state index contributed by atoms with van der Waals surface area (Å²) in [4.78, 5) is 2.17. The van der Waals surface area contributed by atoms with Crippen LogP contribution in [0.3, 0.4) is 0 Å². The maximum Gasteiger partial charge on any atom is 0.213 e. The molecule has 3 rings (SSSR count). The van der Waals surface area contributed by atoms with Crippen molar-refractivity contribution in [1.82, 2.24) is 4.90 Å². The van der Waals surface area contributed by atoms with Crippen molar-refractivity contribution < 1.29 is 8.42 Å². The molecule has 1 aliphatic heterocycles. The third kappa shape index (κ3) is 3.38. The molecule has 5 heteroatoms. The van der Waals surface area contributed by atoms with Gasteiger partial charge in [-0.15, -0.1) is 0 Å². The van der Waals surface area contributed by atoms with E-state index in [9.17, 15) is 8.42 Å². The van der Waals surface area contributed by atoms with Crippen molar-refractivity contribution in [1.29, 1.82) is 0 Å². The first-order valence-electron chi connectivity index (χ1n) is 7.37. The number of nitrogens with zero attached hydrogens (tertiary/aromatic N) is 1. The molecule has 1 saturated heterocycles. The molecule has 1 aliphatic rings. The van der Waals surface area contributed by atoms with E-state index in [1.54, 1.807) is 0 Å². The van der Waals surface area contributed by atoms with Crippen molar-refractivity contribution in [3.8, 4) is 0 Å². The highest BCUT2D eigenvalue weighted by molar-refractivity contribution is 7.89. The standard InChI is InChI=1S/C17H20N2O2S/c18-22(20,21)17-13-19(11-14-7-3-1-4-8-14)12-16(17)15-9-5-2-6-10-15/h1-10,16-17H,11-13H2,(H2,18,20,21)/t16-,17+/m0/s1. The van der Waals surface area contributed by atoms with Gasteiger partial charge in [0.15, 0.2) is 0 Å². The van der Waals surface area contributed by atoms with E-state index >= 15 is 0 Å². The fourth-order valence-electron chi connectivity index (χ4n) is 3.18. The van der Waals surface area contributed by atoms with Crippen LogP contribution in [0.25, 0.3) is 0 Å². The average Bonchev–Trinajstić information content (AvgIpc) is 2.93. The summed E-state index contributed by atoms with van der Waals surface area (Å²) in [5, 5.41) is 4.93. The summed E-state index contributed by atoms with van der Waals surface area (Å²) in [7, 11) is -3.57. The van der Waals surface area contributed by atoms with Crippen LogP contribution in [0, 0.1) is 0 Å². The molecule has 1 heterocycles. The number of benzene rings is 2. The number of hydrogen-bond acceptors (Lipinski definition) is 3. The zero-order valence-corrected chi connectivity index (χ0v) is 13.1. The van der Waals surface area contributed by atoms with Gasteiger partial charge in [-0.1, -0.05) is 60.7 Å². The van der Waals surface area contributed by atoms with Crippen molar-refractivity contribution in [3.05, 3.63) is 71.8 Å².